The third-order valence-corrected chi connectivity index (χ3v) is 12.2. The number of benzene rings is 1. The predicted octanol–water partition coefficient (Wildman–Crippen LogP) is 1.27. The highest BCUT2D eigenvalue weighted by atomic mass is 16.7. The molecule has 3 heterocycles. The van der Waals surface area contributed by atoms with Gasteiger partial charge in [-0.2, -0.15) is 0 Å². The van der Waals surface area contributed by atoms with Gasteiger partial charge in [-0.05, 0) is 57.9 Å². The molecule has 1 saturated heterocycles. The van der Waals surface area contributed by atoms with Crippen molar-refractivity contribution in [3.8, 4) is 0 Å². The van der Waals surface area contributed by atoms with E-state index in [-0.39, 0.29) is 23.2 Å². The maximum absolute atomic E-state index is 14.5. The Morgan fingerprint density at radius 3 is 1.92 bits per heavy atom. The molecule has 2 aliphatic carbocycles. The second kappa shape index (κ2) is 16.9. The molecule has 2 aliphatic heterocycles. The number of carbonyl (C=O) groups is 8. The van der Waals surface area contributed by atoms with Gasteiger partial charge in [0.15, 0.2) is 35.6 Å². The summed E-state index contributed by atoms with van der Waals surface area (Å²) in [6.45, 7) is 6.37. The van der Waals surface area contributed by atoms with Gasteiger partial charge in [0.05, 0.1) is 22.7 Å². The maximum atomic E-state index is 14.5. The molecule has 20 nitrogen and oxygen atoms in total. The molecule has 2 aromatic rings. The molecule has 1 aromatic carbocycles. The standard InChI is InChI=1S/C43H49NO19/c1-21(45)55-20-42-34(59-24(4)48)30(57-22(2)46)29-32(58-23(3)47)43(42)41(8,54)33(31(35(42)60-25(5)49)61-36(50)26-13-10-9-11-14-26)62-38(52)39(6,53)17-16-28-27(15-12-18-44-28)37(51)56-19-40(29,7)63-43/h9-15,18,29-35,53-54H,16-17,19-20H2,1-8H3/t29-,30+,31-,32+,33-,34+,35-,39-,40+,41-,42+,43-/m0/s1. The van der Waals surface area contributed by atoms with Gasteiger partial charge in [-0.1, -0.05) is 18.2 Å². The van der Waals surface area contributed by atoms with E-state index in [1.165, 1.54) is 49.5 Å². The largest absolute Gasteiger partial charge is 0.465 e. The third-order valence-electron chi connectivity index (χ3n) is 12.2. The van der Waals surface area contributed by atoms with E-state index >= 15 is 0 Å². The molecule has 12 atom stereocenters. The number of ether oxygens (including phenoxy) is 9. The van der Waals surface area contributed by atoms with Crippen LogP contribution in [0.5, 0.6) is 0 Å². The number of aliphatic hydroxyl groups is 2. The van der Waals surface area contributed by atoms with Crippen molar-refractivity contribution in [2.45, 2.75) is 127 Å². The molecule has 2 N–H and O–H groups in total. The fourth-order valence-corrected chi connectivity index (χ4v) is 9.73. The maximum Gasteiger partial charge on any atom is 0.340 e. The fraction of sp³-hybridized carbons (Fsp3) is 0.558. The number of fused-ring (bicyclic) bond motifs is 5. The van der Waals surface area contributed by atoms with E-state index < -0.39 is 138 Å². The summed E-state index contributed by atoms with van der Waals surface area (Å²) in [6.07, 6.45) is -12.0. The number of hydrogen-bond acceptors (Lipinski definition) is 20. The topological polar surface area (TPSA) is 273 Å². The molecule has 20 heteroatoms. The van der Waals surface area contributed by atoms with Crippen molar-refractivity contribution in [2.24, 2.45) is 11.3 Å². The van der Waals surface area contributed by atoms with Crippen molar-refractivity contribution >= 4 is 47.8 Å². The Balaban J connectivity index is 1.79. The molecule has 63 heavy (non-hydrogen) atoms. The summed E-state index contributed by atoms with van der Waals surface area (Å²) in [5.41, 5.74) is -13.3. The van der Waals surface area contributed by atoms with E-state index in [4.69, 9.17) is 42.6 Å². The van der Waals surface area contributed by atoms with Crippen LogP contribution in [-0.4, -0.2) is 135 Å². The Bertz CT molecular complexity index is 2190. The zero-order chi connectivity index (χ0) is 46.4. The SMILES string of the molecule is CC(=O)OC[C@]12[C@H](OC(C)=O)[C@H](OC(C)=O)[C@H]3[C@@H](OC(C)=O)[C@@]14O[C@]3(C)COC(=O)c1cccnc1CC[C@](C)(O)C(=O)O[C@@H]([C@H](OC(=O)c1ccccc1)[C@@H]2OC(C)=O)[C@]4(C)O. The van der Waals surface area contributed by atoms with Gasteiger partial charge in [-0.15, -0.1) is 0 Å². The lowest BCUT2D eigenvalue weighted by Crippen LogP contribution is -2.89. The molecule has 6 rings (SSSR count). The van der Waals surface area contributed by atoms with Crippen LogP contribution in [0.1, 0.15) is 88.2 Å². The highest BCUT2D eigenvalue weighted by Gasteiger charge is 2.92. The zero-order valence-electron chi connectivity index (χ0n) is 35.8. The zero-order valence-corrected chi connectivity index (χ0v) is 35.8. The summed E-state index contributed by atoms with van der Waals surface area (Å²) in [7, 11) is 0. The minimum Gasteiger partial charge on any atom is -0.465 e. The molecular formula is C43H49NO19. The smallest absolute Gasteiger partial charge is 0.340 e. The lowest BCUT2D eigenvalue weighted by atomic mass is 9.45. The molecule has 0 unspecified atom stereocenters. The molecule has 0 radical (unpaired) electrons. The van der Waals surface area contributed by atoms with Gasteiger partial charge >= 0.3 is 47.8 Å². The van der Waals surface area contributed by atoms with E-state index in [1.807, 2.05) is 0 Å². The number of pyridine rings is 1. The Morgan fingerprint density at radius 2 is 1.33 bits per heavy atom. The van der Waals surface area contributed by atoms with E-state index in [0.717, 1.165) is 48.5 Å². The molecular weight excluding hydrogens is 834 g/mol. The number of aromatic nitrogens is 1. The second-order valence-corrected chi connectivity index (χ2v) is 16.7. The first-order valence-corrected chi connectivity index (χ1v) is 20.0. The second-order valence-electron chi connectivity index (χ2n) is 16.7. The molecule has 3 fully saturated rings. The van der Waals surface area contributed by atoms with Crippen LogP contribution in [-0.2, 0) is 77.8 Å². The van der Waals surface area contributed by atoms with Crippen LogP contribution < -0.4 is 0 Å². The average molecular weight is 884 g/mol. The molecule has 4 aliphatic rings. The Kier molecular flexibility index (Phi) is 12.5. The molecule has 4 bridgehead atoms. The van der Waals surface area contributed by atoms with Crippen LogP contribution in [0.25, 0.3) is 0 Å². The monoisotopic (exact) mass is 883 g/mol. The van der Waals surface area contributed by atoms with E-state index in [9.17, 15) is 48.6 Å². The van der Waals surface area contributed by atoms with Crippen molar-refractivity contribution in [2.75, 3.05) is 13.2 Å². The van der Waals surface area contributed by atoms with Gasteiger partial charge in [0, 0.05) is 40.8 Å². The van der Waals surface area contributed by atoms with Crippen LogP contribution >= 0.6 is 0 Å². The van der Waals surface area contributed by atoms with E-state index in [2.05, 4.69) is 4.98 Å². The first-order chi connectivity index (χ1) is 29.4. The van der Waals surface area contributed by atoms with Gasteiger partial charge in [0.2, 0.25) is 0 Å². The summed E-state index contributed by atoms with van der Waals surface area (Å²) in [5, 5.41) is 25.4. The number of nitrogens with zero attached hydrogens (tertiary/aromatic N) is 1. The van der Waals surface area contributed by atoms with Crippen molar-refractivity contribution in [3.05, 3.63) is 65.5 Å². The number of rotatable bonds is 8. The first kappa shape index (κ1) is 46.5. The number of aryl methyl sites for hydroxylation is 1. The summed E-state index contributed by atoms with van der Waals surface area (Å²) in [4.78, 5) is 113. The van der Waals surface area contributed by atoms with Crippen LogP contribution in [0.15, 0.2) is 48.7 Å². The average Bonchev–Trinajstić information content (AvgIpc) is 3.42. The van der Waals surface area contributed by atoms with Crippen molar-refractivity contribution < 1.29 is 91.2 Å². The summed E-state index contributed by atoms with van der Waals surface area (Å²) >= 11 is 0. The number of carbonyl (C=O) groups excluding carboxylic acids is 8. The van der Waals surface area contributed by atoms with Gasteiger partial charge in [-0.3, -0.25) is 29.0 Å². The van der Waals surface area contributed by atoms with E-state index in [1.54, 1.807) is 6.07 Å². The lowest BCUT2D eigenvalue weighted by Gasteiger charge is -2.67. The number of cyclic esters (lactones) is 1. The van der Waals surface area contributed by atoms with Gasteiger partial charge < -0.3 is 52.8 Å². The summed E-state index contributed by atoms with van der Waals surface area (Å²) < 4.78 is 54.9. The minimum absolute atomic E-state index is 0.0847. The van der Waals surface area contributed by atoms with Crippen LogP contribution in [0.3, 0.4) is 0 Å². The molecule has 0 amide bonds. The minimum atomic E-state index is -2.98. The number of esters is 8. The third kappa shape index (κ3) is 7.99. The molecule has 1 aromatic heterocycles. The van der Waals surface area contributed by atoms with E-state index in [0.29, 0.717) is 0 Å². The molecule has 2 saturated carbocycles. The Morgan fingerprint density at radius 1 is 0.746 bits per heavy atom. The predicted molar refractivity (Wildman–Crippen MR) is 207 cm³/mol. The van der Waals surface area contributed by atoms with Crippen LogP contribution in [0.2, 0.25) is 0 Å². The first-order valence-electron chi connectivity index (χ1n) is 20.0. The normalized spacial score (nSPS) is 35.8. The Hall–Kier alpha value is -5.99. The quantitative estimate of drug-likeness (QED) is 0.279. The Labute approximate surface area is 360 Å². The molecule has 1 spiro atoms. The van der Waals surface area contributed by atoms with Crippen molar-refractivity contribution in [1.29, 1.82) is 0 Å². The van der Waals surface area contributed by atoms with Gasteiger partial charge in [-0.25, -0.2) is 14.4 Å². The van der Waals surface area contributed by atoms with Crippen molar-refractivity contribution in [1.82, 2.24) is 4.98 Å². The lowest BCUT2D eigenvalue weighted by molar-refractivity contribution is -0.386. The summed E-state index contributed by atoms with van der Waals surface area (Å²) in [6, 6.07) is 10.1. The fourth-order valence-electron chi connectivity index (χ4n) is 9.73. The van der Waals surface area contributed by atoms with Crippen LogP contribution in [0, 0.1) is 11.3 Å². The highest BCUT2D eigenvalue weighted by molar-refractivity contribution is 5.91. The molecule has 340 valence electrons. The number of hydrogen-bond donors (Lipinski definition) is 2. The highest BCUT2D eigenvalue weighted by Crippen LogP contribution is 2.70. The summed E-state index contributed by atoms with van der Waals surface area (Å²) in [5.74, 6) is -10.5. The van der Waals surface area contributed by atoms with Gasteiger partial charge in [0.25, 0.3) is 0 Å². The van der Waals surface area contributed by atoms with Gasteiger partial charge in [0.1, 0.15) is 42.0 Å². The van der Waals surface area contributed by atoms with Crippen LogP contribution in [0.4, 0.5) is 0 Å². The van der Waals surface area contributed by atoms with Crippen molar-refractivity contribution in [3.63, 3.8) is 0 Å².